The van der Waals surface area contributed by atoms with Gasteiger partial charge in [0, 0.05) is 41.6 Å². The second-order valence-electron chi connectivity index (χ2n) is 10.4. The summed E-state index contributed by atoms with van der Waals surface area (Å²) in [7, 11) is -2.94. The molecule has 0 N–H and O–H groups in total. The van der Waals surface area contributed by atoms with E-state index >= 15 is 0 Å². The number of allylic oxidation sites excluding steroid dienone is 4. The van der Waals surface area contributed by atoms with Gasteiger partial charge >= 0.3 is 33.0 Å². The number of nitrogens with zero attached hydrogens (tertiary/aromatic N) is 2. The van der Waals surface area contributed by atoms with E-state index in [4.69, 9.17) is 9.47 Å². The van der Waals surface area contributed by atoms with E-state index in [1.807, 2.05) is 12.1 Å². The Morgan fingerprint density at radius 1 is 0.816 bits per heavy atom. The number of methoxy groups -OCH3 is 2. The van der Waals surface area contributed by atoms with Gasteiger partial charge in [0.05, 0.1) is 19.6 Å². The Labute approximate surface area is 219 Å². The van der Waals surface area contributed by atoms with Gasteiger partial charge in [-0.3, -0.25) is 0 Å². The third-order valence-corrected chi connectivity index (χ3v) is 6.99. The quantitative estimate of drug-likeness (QED) is 0.211. The molecule has 0 saturated carbocycles. The summed E-state index contributed by atoms with van der Waals surface area (Å²) in [5.74, 6) is 1.80. The molecule has 0 saturated heterocycles. The molecule has 0 aromatic heterocycles. The second-order valence-corrected chi connectivity index (χ2v) is 12.3. The number of fused-ring (bicyclic) bond motifs is 2. The second kappa shape index (κ2) is 8.76. The summed E-state index contributed by atoms with van der Waals surface area (Å²) in [6.07, 6.45) is 6.67. The van der Waals surface area contributed by atoms with Gasteiger partial charge in [-0.25, -0.2) is 0 Å². The van der Waals surface area contributed by atoms with Crippen LogP contribution >= 0.6 is 7.81 Å². The number of likely N-dealkylation sites (N-methyl/N-ethyl adjacent to an activating group) is 1. The molecule has 0 aliphatic carbocycles. The monoisotopic (exact) mass is 562 g/mol. The molecule has 0 radical (unpaired) electrons. The number of hydrogen-bond donors (Lipinski definition) is 0. The molecule has 11 heteroatoms. The van der Waals surface area contributed by atoms with Gasteiger partial charge in [-0.2, -0.15) is 4.58 Å². The van der Waals surface area contributed by atoms with Crippen LogP contribution in [-0.2, 0) is 10.8 Å². The molecular formula is C27H33F6N2O2P. The predicted molar refractivity (Wildman–Crippen MR) is 142 cm³/mol. The molecule has 4 rings (SSSR count). The van der Waals surface area contributed by atoms with E-state index < -0.39 is 7.81 Å². The predicted octanol–water partition coefficient (Wildman–Crippen LogP) is 8.96. The molecule has 38 heavy (non-hydrogen) atoms. The molecule has 0 unspecified atom stereocenters. The summed E-state index contributed by atoms with van der Waals surface area (Å²) in [5, 5.41) is 0. The van der Waals surface area contributed by atoms with Gasteiger partial charge in [0.25, 0.3) is 0 Å². The SMILES string of the molecule is COc1ccc2c(c1)C(C)(C)C(/C=C/C=C1/N(C)c3ccc(OC)cc3C1(C)C)=[N+]2C.F[P-](F)(F)(F)(F)F. The Hall–Kier alpha value is -3.00. The molecule has 0 fully saturated rings. The number of anilines is 1. The normalized spacial score (nSPS) is 20.5. The summed E-state index contributed by atoms with van der Waals surface area (Å²) in [6.45, 7) is 9.09. The molecule has 2 aliphatic rings. The fourth-order valence-corrected chi connectivity index (χ4v) is 5.12. The fourth-order valence-electron chi connectivity index (χ4n) is 5.12. The number of ether oxygens (including phenoxy) is 2. The third kappa shape index (κ3) is 6.34. The molecule has 0 bridgehead atoms. The van der Waals surface area contributed by atoms with Gasteiger partial charge in [-0.05, 0) is 55.8 Å². The maximum absolute atomic E-state index is 10.7. The Balaban J connectivity index is 0.000000505. The Bertz CT molecular complexity index is 1350. The Kier molecular flexibility index (Phi) is 6.82. The van der Waals surface area contributed by atoms with Gasteiger partial charge in [0.1, 0.15) is 18.5 Å². The van der Waals surface area contributed by atoms with Crippen LogP contribution in [0.2, 0.25) is 0 Å². The molecule has 2 aliphatic heterocycles. The van der Waals surface area contributed by atoms with Crippen molar-refractivity contribution in [1.82, 2.24) is 0 Å². The zero-order valence-electron chi connectivity index (χ0n) is 22.6. The van der Waals surface area contributed by atoms with Crippen LogP contribution in [0.4, 0.5) is 36.6 Å². The summed E-state index contributed by atoms with van der Waals surface area (Å²) < 4.78 is 72.4. The van der Waals surface area contributed by atoms with Crippen molar-refractivity contribution in [3.63, 3.8) is 0 Å². The fraction of sp³-hybridized carbons (Fsp3) is 0.370. The first-order valence-electron chi connectivity index (χ1n) is 11.7. The van der Waals surface area contributed by atoms with Crippen LogP contribution in [0.5, 0.6) is 11.5 Å². The van der Waals surface area contributed by atoms with E-state index in [1.165, 1.54) is 33.9 Å². The van der Waals surface area contributed by atoms with Crippen molar-refractivity contribution in [2.24, 2.45) is 0 Å². The van der Waals surface area contributed by atoms with Crippen molar-refractivity contribution in [2.45, 2.75) is 38.5 Å². The van der Waals surface area contributed by atoms with E-state index in [0.717, 1.165) is 11.5 Å². The molecular weight excluding hydrogens is 529 g/mol. The molecule has 4 nitrogen and oxygen atoms in total. The summed E-state index contributed by atoms with van der Waals surface area (Å²) >= 11 is 0. The first-order chi connectivity index (χ1) is 17.1. The number of rotatable bonds is 4. The van der Waals surface area contributed by atoms with E-state index in [2.05, 4.69) is 93.8 Å². The van der Waals surface area contributed by atoms with Crippen LogP contribution in [0.25, 0.3) is 0 Å². The van der Waals surface area contributed by atoms with Crippen LogP contribution < -0.4 is 14.4 Å². The number of halogens is 6. The van der Waals surface area contributed by atoms with Crippen molar-refractivity contribution in [1.29, 1.82) is 0 Å². The molecule has 0 amide bonds. The van der Waals surface area contributed by atoms with Crippen LogP contribution in [0, 0.1) is 0 Å². The van der Waals surface area contributed by atoms with E-state index in [0.29, 0.717) is 0 Å². The molecule has 0 spiro atoms. The zero-order chi connectivity index (χ0) is 29.0. The molecule has 2 heterocycles. The number of benzene rings is 2. The Morgan fingerprint density at radius 3 is 1.84 bits per heavy atom. The average Bonchev–Trinajstić information content (AvgIpc) is 3.10. The van der Waals surface area contributed by atoms with Gasteiger partial charge in [-0.1, -0.05) is 19.9 Å². The van der Waals surface area contributed by atoms with Crippen LogP contribution in [0.3, 0.4) is 0 Å². The van der Waals surface area contributed by atoms with Crippen LogP contribution in [0.15, 0.2) is 60.3 Å². The van der Waals surface area contributed by atoms with E-state index in [-0.39, 0.29) is 10.8 Å². The molecule has 2 aromatic carbocycles. The summed E-state index contributed by atoms with van der Waals surface area (Å²) in [4.78, 5) is 2.28. The van der Waals surface area contributed by atoms with E-state index in [9.17, 15) is 25.2 Å². The van der Waals surface area contributed by atoms with Crippen molar-refractivity contribution in [3.8, 4) is 11.5 Å². The zero-order valence-corrected chi connectivity index (χ0v) is 23.5. The van der Waals surface area contributed by atoms with Gasteiger partial charge in [0.15, 0.2) is 5.71 Å². The van der Waals surface area contributed by atoms with E-state index in [1.54, 1.807) is 14.2 Å². The summed E-state index contributed by atoms with van der Waals surface area (Å²) in [5.41, 5.74) is 7.39. The van der Waals surface area contributed by atoms with Crippen molar-refractivity contribution in [2.75, 3.05) is 33.2 Å². The maximum atomic E-state index is 9.87. The molecule has 2 aromatic rings. The third-order valence-electron chi connectivity index (χ3n) is 6.99. The first-order valence-corrected chi connectivity index (χ1v) is 13.8. The molecule has 0 atom stereocenters. The summed E-state index contributed by atoms with van der Waals surface area (Å²) in [6, 6.07) is 12.7. The van der Waals surface area contributed by atoms with Crippen LogP contribution in [-0.4, -0.2) is 38.6 Å². The first kappa shape index (κ1) is 29.6. The van der Waals surface area contributed by atoms with Gasteiger partial charge in [0.2, 0.25) is 5.69 Å². The van der Waals surface area contributed by atoms with Gasteiger partial charge in [-0.15, -0.1) is 0 Å². The number of hydrogen-bond acceptors (Lipinski definition) is 3. The average molecular weight is 563 g/mol. The van der Waals surface area contributed by atoms with Crippen molar-refractivity contribution >= 4 is 24.9 Å². The minimum atomic E-state index is -10.7. The Morgan fingerprint density at radius 2 is 1.32 bits per heavy atom. The van der Waals surface area contributed by atoms with Crippen molar-refractivity contribution < 1.29 is 39.2 Å². The van der Waals surface area contributed by atoms with Crippen molar-refractivity contribution in [3.05, 3.63) is 71.5 Å². The van der Waals surface area contributed by atoms with Crippen LogP contribution in [0.1, 0.15) is 38.8 Å². The standard InChI is InChI=1S/C27H33N2O2.F6P/c1-26(2)20-16-18(30-7)12-14-22(20)28(5)24(26)10-9-11-25-27(3,4)21-17-19(31-8)13-15-23(21)29(25)6;1-7(2,3,4,5)6/h9-17H,1-8H3;/q+1;-1. The minimum absolute atomic E-state index is 0.0962. The van der Waals surface area contributed by atoms with Gasteiger partial charge < -0.3 is 14.4 Å². The molecule has 210 valence electrons. The topological polar surface area (TPSA) is 24.7 Å².